The first-order valence-corrected chi connectivity index (χ1v) is 13.4. The van der Waals surface area contributed by atoms with Crippen LogP contribution in [-0.2, 0) is 25.0 Å². The van der Waals surface area contributed by atoms with Crippen molar-refractivity contribution in [2.75, 3.05) is 30.6 Å². The van der Waals surface area contributed by atoms with E-state index in [-0.39, 0.29) is 22.8 Å². The van der Waals surface area contributed by atoms with Crippen LogP contribution in [0.5, 0.6) is 0 Å². The first kappa shape index (κ1) is 25.2. The molecule has 1 N–H and O–H groups in total. The van der Waals surface area contributed by atoms with Crippen LogP contribution in [0.3, 0.4) is 0 Å². The lowest BCUT2D eigenvalue weighted by atomic mass is 9.74. The lowest BCUT2D eigenvalue weighted by Gasteiger charge is -2.38. The zero-order valence-corrected chi connectivity index (χ0v) is 21.2. The van der Waals surface area contributed by atoms with Crippen molar-refractivity contribution >= 4 is 33.2 Å². The van der Waals surface area contributed by atoms with Gasteiger partial charge in [-0.25, -0.2) is 8.42 Å². The molecule has 1 aliphatic rings. The Balaban J connectivity index is 1.61. The second kappa shape index (κ2) is 10.8. The topological polar surface area (TPSA) is 75.7 Å². The van der Waals surface area contributed by atoms with Crippen LogP contribution in [0, 0.1) is 6.92 Å². The molecule has 1 amide bonds. The molecule has 0 unspecified atom stereocenters. The van der Waals surface area contributed by atoms with Gasteiger partial charge in [0.15, 0.2) is 0 Å². The number of ether oxygens (including phenoxy) is 1. The summed E-state index contributed by atoms with van der Waals surface area (Å²) in [6.07, 6.45) is 1.55. The molecule has 0 bridgehead atoms. The highest BCUT2D eigenvalue weighted by Gasteiger charge is 2.35. The summed E-state index contributed by atoms with van der Waals surface area (Å²) in [6.45, 7) is 3.00. The quantitative estimate of drug-likeness (QED) is 0.474. The van der Waals surface area contributed by atoms with E-state index in [1.54, 1.807) is 43.3 Å². The molecule has 35 heavy (non-hydrogen) atoms. The lowest BCUT2D eigenvalue weighted by Crippen LogP contribution is -2.48. The van der Waals surface area contributed by atoms with Crippen molar-refractivity contribution in [2.45, 2.75) is 30.1 Å². The zero-order valence-electron chi connectivity index (χ0n) is 19.6. The van der Waals surface area contributed by atoms with E-state index in [9.17, 15) is 13.2 Å². The van der Waals surface area contributed by atoms with E-state index < -0.39 is 10.0 Å². The molecule has 0 atom stereocenters. The molecular weight excluding hydrogens is 484 g/mol. The summed E-state index contributed by atoms with van der Waals surface area (Å²) in [4.78, 5) is 13.3. The Kier molecular flexibility index (Phi) is 7.79. The first-order valence-electron chi connectivity index (χ1n) is 11.6. The Hall–Kier alpha value is -2.87. The van der Waals surface area contributed by atoms with Crippen molar-refractivity contribution in [1.29, 1.82) is 0 Å². The van der Waals surface area contributed by atoms with E-state index in [1.807, 2.05) is 18.2 Å². The van der Waals surface area contributed by atoms with Crippen LogP contribution in [0.25, 0.3) is 0 Å². The molecule has 0 aliphatic carbocycles. The number of nitrogens with one attached hydrogen (secondary N) is 1. The highest BCUT2D eigenvalue weighted by atomic mass is 35.5. The number of benzene rings is 3. The van der Waals surface area contributed by atoms with Crippen molar-refractivity contribution < 1.29 is 17.9 Å². The van der Waals surface area contributed by atoms with Gasteiger partial charge in [-0.05, 0) is 55.2 Å². The Morgan fingerprint density at radius 3 is 2.26 bits per heavy atom. The monoisotopic (exact) mass is 512 g/mol. The highest BCUT2D eigenvalue weighted by Crippen LogP contribution is 2.34. The minimum atomic E-state index is -4.01. The van der Waals surface area contributed by atoms with Crippen LogP contribution in [0.2, 0.25) is 5.02 Å². The van der Waals surface area contributed by atoms with E-state index in [2.05, 4.69) is 17.4 Å². The SMILES string of the molecule is Cc1c(Cl)cccc1N(CC(=O)NCC1(c2ccccc2)CCOCC1)S(=O)(=O)c1ccccc1. The maximum absolute atomic E-state index is 13.6. The Morgan fingerprint density at radius 1 is 0.971 bits per heavy atom. The smallest absolute Gasteiger partial charge is 0.264 e. The molecule has 184 valence electrons. The van der Waals surface area contributed by atoms with E-state index >= 15 is 0 Å². The predicted octanol–water partition coefficient (Wildman–Crippen LogP) is 4.71. The van der Waals surface area contributed by atoms with Crippen LogP contribution >= 0.6 is 11.6 Å². The van der Waals surface area contributed by atoms with Crippen LogP contribution in [0.15, 0.2) is 83.8 Å². The van der Waals surface area contributed by atoms with Gasteiger partial charge in [0, 0.05) is 30.2 Å². The molecule has 3 aromatic carbocycles. The van der Waals surface area contributed by atoms with Gasteiger partial charge in [0.25, 0.3) is 10.0 Å². The molecule has 1 heterocycles. The van der Waals surface area contributed by atoms with Gasteiger partial charge in [-0.2, -0.15) is 0 Å². The minimum absolute atomic E-state index is 0.109. The van der Waals surface area contributed by atoms with Gasteiger partial charge in [-0.1, -0.05) is 66.2 Å². The molecular formula is C27H29ClN2O4S. The number of hydrogen-bond acceptors (Lipinski definition) is 4. The van der Waals surface area contributed by atoms with Gasteiger partial charge in [0.05, 0.1) is 10.6 Å². The van der Waals surface area contributed by atoms with Gasteiger partial charge in [0.2, 0.25) is 5.91 Å². The fraction of sp³-hybridized carbons (Fsp3) is 0.296. The van der Waals surface area contributed by atoms with Gasteiger partial charge in [-0.15, -0.1) is 0 Å². The number of carbonyl (C=O) groups excluding carboxylic acids is 1. The average Bonchev–Trinajstić information content (AvgIpc) is 2.89. The largest absolute Gasteiger partial charge is 0.381 e. The number of hydrogen-bond donors (Lipinski definition) is 1. The molecule has 4 rings (SSSR count). The zero-order chi connectivity index (χ0) is 24.9. The van der Waals surface area contributed by atoms with Crippen LogP contribution < -0.4 is 9.62 Å². The Morgan fingerprint density at radius 2 is 1.60 bits per heavy atom. The second-order valence-corrected chi connectivity index (χ2v) is 11.0. The molecule has 1 saturated heterocycles. The highest BCUT2D eigenvalue weighted by molar-refractivity contribution is 7.92. The van der Waals surface area contributed by atoms with E-state index in [0.717, 1.165) is 22.7 Å². The molecule has 1 aliphatic heterocycles. The molecule has 0 saturated carbocycles. The molecule has 1 fully saturated rings. The minimum Gasteiger partial charge on any atom is -0.381 e. The van der Waals surface area contributed by atoms with E-state index in [1.165, 1.54) is 12.1 Å². The fourth-order valence-corrected chi connectivity index (χ4v) is 6.13. The van der Waals surface area contributed by atoms with Crippen molar-refractivity contribution in [3.63, 3.8) is 0 Å². The third-order valence-electron chi connectivity index (χ3n) is 6.59. The number of rotatable bonds is 8. The van der Waals surface area contributed by atoms with Gasteiger partial charge >= 0.3 is 0 Å². The molecule has 0 radical (unpaired) electrons. The van der Waals surface area contributed by atoms with Crippen LogP contribution in [0.4, 0.5) is 5.69 Å². The Labute approximate surface area is 211 Å². The van der Waals surface area contributed by atoms with Crippen molar-refractivity contribution in [3.8, 4) is 0 Å². The number of carbonyl (C=O) groups is 1. The number of amides is 1. The fourth-order valence-electron chi connectivity index (χ4n) is 4.46. The summed E-state index contributed by atoms with van der Waals surface area (Å²) in [7, 11) is -4.01. The maximum atomic E-state index is 13.6. The van der Waals surface area contributed by atoms with E-state index in [0.29, 0.717) is 36.0 Å². The third kappa shape index (κ3) is 5.53. The van der Waals surface area contributed by atoms with Gasteiger partial charge in [-0.3, -0.25) is 9.10 Å². The molecule has 0 aromatic heterocycles. The Bertz CT molecular complexity index is 1260. The summed E-state index contributed by atoms with van der Waals surface area (Å²) in [5, 5.41) is 3.45. The molecule has 6 nitrogen and oxygen atoms in total. The molecule has 8 heteroatoms. The maximum Gasteiger partial charge on any atom is 0.264 e. The first-order chi connectivity index (χ1) is 16.8. The number of anilines is 1. The standard InChI is InChI=1S/C27H29ClN2O4S/c1-21-24(28)13-8-14-25(21)30(35(32,33)23-11-6-3-7-12-23)19-26(31)29-20-27(15-17-34-18-16-27)22-9-4-2-5-10-22/h2-14H,15-20H2,1H3,(H,29,31). The van der Waals surface area contributed by atoms with Crippen molar-refractivity contribution in [1.82, 2.24) is 5.32 Å². The van der Waals surface area contributed by atoms with Gasteiger partial charge < -0.3 is 10.1 Å². The second-order valence-electron chi connectivity index (χ2n) is 8.74. The predicted molar refractivity (Wildman–Crippen MR) is 138 cm³/mol. The molecule has 3 aromatic rings. The number of nitrogens with zero attached hydrogens (tertiary/aromatic N) is 1. The third-order valence-corrected chi connectivity index (χ3v) is 8.77. The normalized spacial score (nSPS) is 15.4. The van der Waals surface area contributed by atoms with Crippen molar-refractivity contribution in [3.05, 3.63) is 95.0 Å². The summed E-state index contributed by atoms with van der Waals surface area (Å²) in [5.41, 5.74) is 1.85. The van der Waals surface area contributed by atoms with Crippen molar-refractivity contribution in [2.24, 2.45) is 0 Å². The lowest BCUT2D eigenvalue weighted by molar-refractivity contribution is -0.120. The average molecular weight is 513 g/mol. The number of sulfonamides is 1. The number of halogens is 1. The van der Waals surface area contributed by atoms with E-state index in [4.69, 9.17) is 16.3 Å². The van der Waals surface area contributed by atoms with Crippen LogP contribution in [-0.4, -0.2) is 40.6 Å². The van der Waals surface area contributed by atoms with Gasteiger partial charge in [0.1, 0.15) is 6.54 Å². The summed E-state index contributed by atoms with van der Waals surface area (Å²) >= 11 is 6.31. The molecule has 0 spiro atoms. The van der Waals surface area contributed by atoms with Crippen LogP contribution in [0.1, 0.15) is 24.0 Å². The summed E-state index contributed by atoms with van der Waals surface area (Å²) in [5.74, 6) is -0.384. The summed E-state index contributed by atoms with van der Waals surface area (Å²) in [6, 6.07) is 23.2. The summed E-state index contributed by atoms with van der Waals surface area (Å²) < 4.78 is 33.9.